The molecule has 0 aliphatic rings. The molecule has 0 saturated heterocycles. The third-order valence-electron chi connectivity index (χ3n) is 3.77. The summed E-state index contributed by atoms with van der Waals surface area (Å²) in [6.07, 6.45) is 0. The van der Waals surface area contributed by atoms with E-state index in [0.29, 0.717) is 6.54 Å². The molecule has 6 nitrogen and oxygen atoms in total. The zero-order valence-electron chi connectivity index (χ0n) is 14.3. The fourth-order valence-electron chi connectivity index (χ4n) is 2.40. The average Bonchev–Trinajstić information content (AvgIpc) is 2.63. The summed E-state index contributed by atoms with van der Waals surface area (Å²) in [6.45, 7) is 9.68. The van der Waals surface area contributed by atoms with Crippen LogP contribution >= 0.6 is 0 Å². The molecule has 2 N–H and O–H groups in total. The lowest BCUT2D eigenvalue weighted by molar-refractivity contribution is 0.179. The van der Waals surface area contributed by atoms with Crippen LogP contribution in [-0.4, -0.2) is 47.4 Å². The first-order valence-electron chi connectivity index (χ1n) is 7.30. The van der Waals surface area contributed by atoms with Gasteiger partial charge in [-0.2, -0.15) is 5.10 Å². The quantitative estimate of drug-likeness (QED) is 0.836. The maximum Gasteiger partial charge on any atom is 0.315 e. The normalized spacial score (nSPS) is 13.3. The molecule has 120 valence electrons. The highest BCUT2D eigenvalue weighted by atomic mass is 16.2. The van der Waals surface area contributed by atoms with E-state index in [1.165, 1.54) is 0 Å². The van der Waals surface area contributed by atoms with Crippen molar-refractivity contribution in [2.45, 2.75) is 40.3 Å². The van der Waals surface area contributed by atoms with Crippen molar-refractivity contribution in [3.05, 3.63) is 17.5 Å². The number of aryl methyl sites for hydroxylation is 2. The summed E-state index contributed by atoms with van der Waals surface area (Å²) >= 11 is 0. The van der Waals surface area contributed by atoms with Gasteiger partial charge < -0.3 is 15.5 Å². The van der Waals surface area contributed by atoms with E-state index >= 15 is 0 Å². The number of amides is 2. The Balaban J connectivity index is 2.48. The molecule has 0 radical (unpaired) electrons. The van der Waals surface area contributed by atoms with E-state index < -0.39 is 0 Å². The Bertz CT molecular complexity index is 478. The third-order valence-corrected chi connectivity index (χ3v) is 3.77. The lowest BCUT2D eigenvalue weighted by atomic mass is 9.85. The minimum Gasteiger partial charge on any atom is -0.335 e. The molecule has 6 heteroatoms. The number of nitrogens with zero attached hydrogens (tertiary/aromatic N) is 3. The number of urea groups is 1. The molecule has 0 saturated carbocycles. The molecular formula is C15H29N5O. The minimum absolute atomic E-state index is 0.00393. The van der Waals surface area contributed by atoms with Crippen molar-refractivity contribution in [3.63, 3.8) is 0 Å². The van der Waals surface area contributed by atoms with E-state index in [1.807, 2.05) is 41.1 Å². The predicted octanol–water partition coefficient (Wildman–Crippen LogP) is 1.50. The lowest BCUT2D eigenvalue weighted by Gasteiger charge is -2.34. The number of rotatable bonds is 6. The van der Waals surface area contributed by atoms with E-state index in [9.17, 15) is 4.79 Å². The Kier molecular flexibility index (Phi) is 5.78. The SMILES string of the molecule is Cc1cc(CNC(=O)N[C@@H](C)C(C)(C)CN(C)C)n(C)n1. The van der Waals surface area contributed by atoms with Crippen LogP contribution in [0.2, 0.25) is 0 Å². The Morgan fingerprint density at radius 3 is 2.57 bits per heavy atom. The monoisotopic (exact) mass is 295 g/mol. The van der Waals surface area contributed by atoms with Crippen molar-refractivity contribution in [2.24, 2.45) is 12.5 Å². The Hall–Kier alpha value is -1.56. The smallest absolute Gasteiger partial charge is 0.315 e. The van der Waals surface area contributed by atoms with Gasteiger partial charge in [-0.1, -0.05) is 13.8 Å². The third kappa shape index (κ3) is 5.38. The number of hydrogen-bond acceptors (Lipinski definition) is 3. The summed E-state index contributed by atoms with van der Waals surface area (Å²) in [6, 6.07) is 1.90. The van der Waals surface area contributed by atoms with Crippen LogP contribution in [-0.2, 0) is 13.6 Å². The molecule has 0 bridgehead atoms. The van der Waals surface area contributed by atoms with Crippen LogP contribution in [0.4, 0.5) is 4.79 Å². The van der Waals surface area contributed by atoms with Gasteiger partial charge in [0.05, 0.1) is 17.9 Å². The summed E-state index contributed by atoms with van der Waals surface area (Å²) in [7, 11) is 5.96. The van der Waals surface area contributed by atoms with Crippen molar-refractivity contribution in [2.75, 3.05) is 20.6 Å². The summed E-state index contributed by atoms with van der Waals surface area (Å²) < 4.78 is 1.79. The fraction of sp³-hybridized carbons (Fsp3) is 0.733. The first-order valence-corrected chi connectivity index (χ1v) is 7.30. The van der Waals surface area contributed by atoms with Crippen LogP contribution in [0.25, 0.3) is 0 Å². The molecule has 0 aromatic carbocycles. The largest absolute Gasteiger partial charge is 0.335 e. The van der Waals surface area contributed by atoms with Crippen molar-refractivity contribution < 1.29 is 4.79 Å². The number of nitrogens with one attached hydrogen (secondary N) is 2. The Labute approximate surface area is 127 Å². The van der Waals surface area contributed by atoms with Crippen LogP contribution < -0.4 is 10.6 Å². The summed E-state index contributed by atoms with van der Waals surface area (Å²) in [4.78, 5) is 14.1. The maximum absolute atomic E-state index is 12.0. The molecule has 0 spiro atoms. The van der Waals surface area contributed by atoms with E-state index in [1.54, 1.807) is 4.68 Å². The second-order valence-corrected chi connectivity index (χ2v) is 6.68. The molecule has 2 amide bonds. The highest BCUT2D eigenvalue weighted by molar-refractivity contribution is 5.74. The molecular weight excluding hydrogens is 266 g/mol. The van der Waals surface area contributed by atoms with E-state index in [-0.39, 0.29) is 17.5 Å². The second-order valence-electron chi connectivity index (χ2n) is 6.68. The van der Waals surface area contributed by atoms with Gasteiger partial charge in [0.2, 0.25) is 0 Å². The van der Waals surface area contributed by atoms with Crippen molar-refractivity contribution in [1.29, 1.82) is 0 Å². The minimum atomic E-state index is -0.145. The van der Waals surface area contributed by atoms with E-state index in [4.69, 9.17) is 0 Å². The molecule has 0 aliphatic heterocycles. The molecule has 21 heavy (non-hydrogen) atoms. The van der Waals surface area contributed by atoms with Gasteiger partial charge in [-0.25, -0.2) is 4.79 Å². The van der Waals surface area contributed by atoms with Crippen LogP contribution in [0, 0.1) is 12.3 Å². The zero-order chi connectivity index (χ0) is 16.2. The number of carbonyl (C=O) groups excluding carboxylic acids is 1. The number of carbonyl (C=O) groups is 1. The summed E-state index contributed by atoms with van der Waals surface area (Å²) in [5.41, 5.74) is 1.95. The molecule has 1 heterocycles. The number of aromatic nitrogens is 2. The predicted molar refractivity (Wildman–Crippen MR) is 85.1 cm³/mol. The van der Waals surface area contributed by atoms with E-state index in [0.717, 1.165) is 17.9 Å². The second kappa shape index (κ2) is 6.93. The molecule has 1 atom stereocenters. The van der Waals surface area contributed by atoms with Gasteiger partial charge in [-0.15, -0.1) is 0 Å². The molecule has 0 aliphatic carbocycles. The van der Waals surface area contributed by atoms with Crippen molar-refractivity contribution in [1.82, 2.24) is 25.3 Å². The summed E-state index contributed by atoms with van der Waals surface area (Å²) in [5.74, 6) is 0. The zero-order valence-corrected chi connectivity index (χ0v) is 14.3. The van der Waals surface area contributed by atoms with Crippen LogP contribution in [0.15, 0.2) is 6.07 Å². The molecule has 0 unspecified atom stereocenters. The fourth-order valence-corrected chi connectivity index (χ4v) is 2.40. The van der Waals surface area contributed by atoms with Gasteiger partial charge in [0, 0.05) is 19.6 Å². The standard InChI is InChI=1S/C15H29N5O/c1-11-8-13(20(7)18-11)9-16-14(21)17-12(2)15(3,4)10-19(5)6/h8,12H,9-10H2,1-7H3,(H2,16,17,21)/t12-/m0/s1. The highest BCUT2D eigenvalue weighted by Crippen LogP contribution is 2.21. The van der Waals surface area contributed by atoms with Crippen LogP contribution in [0.1, 0.15) is 32.2 Å². The van der Waals surface area contributed by atoms with E-state index in [2.05, 4.69) is 34.5 Å². The topological polar surface area (TPSA) is 62.2 Å². The molecule has 1 rings (SSSR count). The first-order chi connectivity index (χ1) is 9.61. The Morgan fingerprint density at radius 1 is 1.48 bits per heavy atom. The summed E-state index contributed by atoms with van der Waals surface area (Å²) in [5, 5.41) is 10.2. The molecule has 1 aromatic rings. The van der Waals surface area contributed by atoms with Gasteiger partial charge in [0.15, 0.2) is 0 Å². The number of hydrogen-bond donors (Lipinski definition) is 2. The van der Waals surface area contributed by atoms with Crippen LogP contribution in [0.5, 0.6) is 0 Å². The van der Waals surface area contributed by atoms with Crippen LogP contribution in [0.3, 0.4) is 0 Å². The van der Waals surface area contributed by atoms with Gasteiger partial charge >= 0.3 is 6.03 Å². The van der Waals surface area contributed by atoms with Gasteiger partial charge in [-0.3, -0.25) is 4.68 Å². The Morgan fingerprint density at radius 2 is 2.10 bits per heavy atom. The van der Waals surface area contributed by atoms with Gasteiger partial charge in [0.25, 0.3) is 0 Å². The maximum atomic E-state index is 12.0. The lowest BCUT2D eigenvalue weighted by Crippen LogP contribution is -2.50. The van der Waals surface area contributed by atoms with Gasteiger partial charge in [-0.05, 0) is 39.4 Å². The van der Waals surface area contributed by atoms with Gasteiger partial charge in [0.1, 0.15) is 0 Å². The highest BCUT2D eigenvalue weighted by Gasteiger charge is 2.27. The molecule has 0 fully saturated rings. The molecule has 1 aromatic heterocycles. The van der Waals surface area contributed by atoms with Crippen molar-refractivity contribution >= 4 is 6.03 Å². The van der Waals surface area contributed by atoms with Crippen molar-refractivity contribution in [3.8, 4) is 0 Å². The average molecular weight is 295 g/mol. The first kappa shape index (κ1) is 17.5.